The number of likely N-dealkylation sites (tertiary alicyclic amines) is 1. The normalized spacial score (nSPS) is 18.6. The minimum Gasteiger partial charge on any atom is -0.366 e. The number of hydrogen-bond donors (Lipinski definition) is 1. The molecule has 2 aliphatic heterocycles. The monoisotopic (exact) mass is 371 g/mol. The Bertz CT molecular complexity index is 796. The first-order chi connectivity index (χ1) is 13.1. The van der Waals surface area contributed by atoms with Gasteiger partial charge in [0.2, 0.25) is 0 Å². The van der Waals surface area contributed by atoms with E-state index in [1.54, 1.807) is 30.5 Å². The molecule has 0 bridgehead atoms. The fourth-order valence-corrected chi connectivity index (χ4v) is 3.47. The lowest BCUT2D eigenvalue weighted by molar-refractivity contribution is -0.181. The summed E-state index contributed by atoms with van der Waals surface area (Å²) in [4.78, 5) is 18.9. The molecule has 0 atom stereocenters. The SMILES string of the molecule is O=C(c1ccnc(NCc2ccc(F)cc2)c1)N1CCC2(CC1)OCCO2. The highest BCUT2D eigenvalue weighted by Crippen LogP contribution is 2.31. The molecule has 1 N–H and O–H groups in total. The van der Waals surface area contributed by atoms with Crippen LogP contribution in [0.2, 0.25) is 0 Å². The topological polar surface area (TPSA) is 63.7 Å². The second-order valence-electron chi connectivity index (χ2n) is 6.81. The van der Waals surface area contributed by atoms with Gasteiger partial charge in [0.15, 0.2) is 5.79 Å². The highest BCUT2D eigenvalue weighted by molar-refractivity contribution is 5.94. The van der Waals surface area contributed by atoms with Crippen molar-refractivity contribution >= 4 is 11.7 Å². The standard InChI is InChI=1S/C20H22FN3O3/c21-17-3-1-15(2-4-17)14-23-18-13-16(5-8-22-18)19(25)24-9-6-20(7-10-24)26-11-12-27-20/h1-5,8,13H,6-7,9-12,14H2,(H,22,23). The Morgan fingerprint density at radius 1 is 1.15 bits per heavy atom. The van der Waals surface area contributed by atoms with E-state index >= 15 is 0 Å². The molecule has 2 fully saturated rings. The zero-order valence-electron chi connectivity index (χ0n) is 15.0. The van der Waals surface area contributed by atoms with Crippen molar-refractivity contribution < 1.29 is 18.7 Å². The number of nitrogens with one attached hydrogen (secondary N) is 1. The van der Waals surface area contributed by atoms with Gasteiger partial charge in [-0.15, -0.1) is 0 Å². The van der Waals surface area contributed by atoms with E-state index in [9.17, 15) is 9.18 Å². The summed E-state index contributed by atoms with van der Waals surface area (Å²) in [5.41, 5.74) is 1.53. The number of amides is 1. The second kappa shape index (κ2) is 7.62. The van der Waals surface area contributed by atoms with E-state index < -0.39 is 5.79 Å². The van der Waals surface area contributed by atoms with Gasteiger partial charge in [-0.3, -0.25) is 4.79 Å². The van der Waals surface area contributed by atoms with Crippen LogP contribution in [0.1, 0.15) is 28.8 Å². The molecule has 3 heterocycles. The van der Waals surface area contributed by atoms with Gasteiger partial charge in [-0.1, -0.05) is 12.1 Å². The summed E-state index contributed by atoms with van der Waals surface area (Å²) in [5, 5.41) is 3.17. The molecule has 0 unspecified atom stereocenters. The van der Waals surface area contributed by atoms with E-state index in [1.807, 2.05) is 4.90 Å². The summed E-state index contributed by atoms with van der Waals surface area (Å²) in [6.45, 7) is 2.98. The van der Waals surface area contributed by atoms with Gasteiger partial charge >= 0.3 is 0 Å². The molecular formula is C20H22FN3O3. The van der Waals surface area contributed by atoms with Crippen molar-refractivity contribution in [1.82, 2.24) is 9.88 Å². The summed E-state index contributed by atoms with van der Waals surface area (Å²) in [6, 6.07) is 9.75. The van der Waals surface area contributed by atoms with Gasteiger partial charge in [-0.2, -0.15) is 0 Å². The minimum atomic E-state index is -0.489. The molecule has 6 nitrogen and oxygen atoms in total. The molecule has 1 spiro atoms. The smallest absolute Gasteiger partial charge is 0.254 e. The molecule has 7 heteroatoms. The number of nitrogens with zero attached hydrogens (tertiary/aromatic N) is 2. The number of pyridine rings is 1. The van der Waals surface area contributed by atoms with Crippen LogP contribution in [0.5, 0.6) is 0 Å². The third-order valence-electron chi connectivity index (χ3n) is 5.02. The number of rotatable bonds is 4. The lowest BCUT2D eigenvalue weighted by Gasteiger charge is -2.37. The molecule has 2 aliphatic rings. The summed E-state index contributed by atoms with van der Waals surface area (Å²) >= 11 is 0. The van der Waals surface area contributed by atoms with Crippen molar-refractivity contribution in [3.63, 3.8) is 0 Å². The predicted octanol–water partition coefficient (Wildman–Crippen LogP) is 2.81. The molecule has 1 amide bonds. The molecule has 1 aromatic heterocycles. The van der Waals surface area contributed by atoms with Gasteiger partial charge in [-0.25, -0.2) is 9.37 Å². The highest BCUT2D eigenvalue weighted by atomic mass is 19.1. The quantitative estimate of drug-likeness (QED) is 0.895. The van der Waals surface area contributed by atoms with Crippen LogP contribution < -0.4 is 5.32 Å². The van der Waals surface area contributed by atoms with Crippen LogP contribution >= 0.6 is 0 Å². The molecular weight excluding hydrogens is 349 g/mol. The lowest BCUT2D eigenvalue weighted by Crippen LogP contribution is -2.47. The molecule has 1 aromatic carbocycles. The van der Waals surface area contributed by atoms with Crippen molar-refractivity contribution in [2.75, 3.05) is 31.6 Å². The summed E-state index contributed by atoms with van der Waals surface area (Å²) < 4.78 is 24.4. The summed E-state index contributed by atoms with van der Waals surface area (Å²) in [5.74, 6) is -0.158. The molecule has 4 rings (SSSR count). The predicted molar refractivity (Wildman–Crippen MR) is 97.7 cm³/mol. The van der Waals surface area contributed by atoms with Gasteiger partial charge in [0.1, 0.15) is 11.6 Å². The highest BCUT2D eigenvalue weighted by Gasteiger charge is 2.40. The Hall–Kier alpha value is -2.51. The molecule has 142 valence electrons. The maximum Gasteiger partial charge on any atom is 0.254 e. The van der Waals surface area contributed by atoms with Gasteiger partial charge in [0, 0.05) is 44.2 Å². The Kier molecular flexibility index (Phi) is 5.05. The van der Waals surface area contributed by atoms with E-state index in [-0.39, 0.29) is 11.7 Å². The van der Waals surface area contributed by atoms with E-state index in [0.717, 1.165) is 5.56 Å². The second-order valence-corrected chi connectivity index (χ2v) is 6.81. The van der Waals surface area contributed by atoms with Gasteiger partial charge < -0.3 is 19.7 Å². The van der Waals surface area contributed by atoms with Crippen LogP contribution in [0.3, 0.4) is 0 Å². The summed E-state index contributed by atoms with van der Waals surface area (Å²) in [6.07, 6.45) is 3.01. The number of anilines is 1. The van der Waals surface area contributed by atoms with E-state index in [2.05, 4.69) is 10.3 Å². The van der Waals surface area contributed by atoms with Crippen LogP contribution in [0.15, 0.2) is 42.6 Å². The number of hydrogen-bond acceptors (Lipinski definition) is 5. The van der Waals surface area contributed by atoms with Crippen LogP contribution in [0, 0.1) is 5.82 Å². The van der Waals surface area contributed by atoms with Crippen molar-refractivity contribution in [2.45, 2.75) is 25.2 Å². The molecule has 0 saturated carbocycles. The van der Waals surface area contributed by atoms with E-state index in [0.29, 0.717) is 57.1 Å². The average molecular weight is 371 g/mol. The van der Waals surface area contributed by atoms with Crippen molar-refractivity contribution in [3.05, 3.63) is 59.5 Å². The molecule has 27 heavy (non-hydrogen) atoms. The first-order valence-corrected chi connectivity index (χ1v) is 9.15. The van der Waals surface area contributed by atoms with Crippen molar-refractivity contribution in [3.8, 4) is 0 Å². The number of carbonyl (C=O) groups excluding carboxylic acids is 1. The van der Waals surface area contributed by atoms with Gasteiger partial charge in [-0.05, 0) is 29.8 Å². The molecule has 0 radical (unpaired) electrons. The van der Waals surface area contributed by atoms with Crippen molar-refractivity contribution in [1.29, 1.82) is 0 Å². The van der Waals surface area contributed by atoms with E-state index in [1.165, 1.54) is 12.1 Å². The van der Waals surface area contributed by atoms with Crippen molar-refractivity contribution in [2.24, 2.45) is 0 Å². The fraction of sp³-hybridized carbons (Fsp3) is 0.400. The number of piperidine rings is 1. The number of benzene rings is 1. The summed E-state index contributed by atoms with van der Waals surface area (Å²) in [7, 11) is 0. The zero-order chi connectivity index (χ0) is 18.7. The average Bonchev–Trinajstić information content (AvgIpc) is 3.16. The maximum absolute atomic E-state index is 13.0. The van der Waals surface area contributed by atoms with Crippen LogP contribution in [-0.4, -0.2) is 47.9 Å². The largest absolute Gasteiger partial charge is 0.366 e. The molecule has 2 saturated heterocycles. The third kappa shape index (κ3) is 4.09. The van der Waals surface area contributed by atoms with Crippen LogP contribution in [0.25, 0.3) is 0 Å². The lowest BCUT2D eigenvalue weighted by atomic mass is 10.0. The Morgan fingerprint density at radius 2 is 1.85 bits per heavy atom. The van der Waals surface area contributed by atoms with Gasteiger partial charge in [0.25, 0.3) is 5.91 Å². The Labute approximate surface area is 157 Å². The third-order valence-corrected chi connectivity index (χ3v) is 5.02. The minimum absolute atomic E-state index is 0.0184. The van der Waals surface area contributed by atoms with Gasteiger partial charge in [0.05, 0.1) is 13.2 Å². The molecule has 0 aliphatic carbocycles. The Morgan fingerprint density at radius 3 is 2.56 bits per heavy atom. The number of aromatic nitrogens is 1. The first-order valence-electron chi connectivity index (χ1n) is 9.15. The fourth-order valence-electron chi connectivity index (χ4n) is 3.47. The van der Waals surface area contributed by atoms with Crippen LogP contribution in [0.4, 0.5) is 10.2 Å². The molecule has 2 aromatic rings. The number of ether oxygens (including phenoxy) is 2. The first kappa shape index (κ1) is 17.9. The van der Waals surface area contributed by atoms with E-state index in [4.69, 9.17) is 9.47 Å². The van der Waals surface area contributed by atoms with Crippen LogP contribution in [-0.2, 0) is 16.0 Å². The maximum atomic E-state index is 13.0. The number of halogens is 1. The zero-order valence-corrected chi connectivity index (χ0v) is 15.0. The Balaban J connectivity index is 1.37. The number of carbonyl (C=O) groups is 1.